The number of aliphatic carboxylic acids is 1. The number of aryl methyl sites for hydroxylation is 2. The molecule has 11 heteroatoms. The van der Waals surface area contributed by atoms with Crippen LogP contribution in [0.1, 0.15) is 45.4 Å². The zero-order valence-corrected chi connectivity index (χ0v) is 27.3. The molecular weight excluding hydrogens is 644 g/mol. The van der Waals surface area contributed by atoms with Crippen molar-refractivity contribution in [2.75, 3.05) is 17.7 Å². The number of carbonyl (C=O) groups is 2. The third-order valence-electron chi connectivity index (χ3n) is 7.16. The fraction of sp³-hybridized carbons (Fsp3) is 0.171. The lowest BCUT2D eigenvalue weighted by atomic mass is 10.1. The molecule has 0 unspecified atom stereocenters. The molecule has 4 aromatic carbocycles. The predicted molar refractivity (Wildman–Crippen MR) is 184 cm³/mol. The Morgan fingerprint density at radius 2 is 1.78 bits per heavy atom. The average Bonchev–Trinajstić information content (AvgIpc) is 3.47. The molecule has 0 spiro atoms. The maximum Gasteiger partial charge on any atom is 0.341 e. The number of halogens is 1. The SMILES string of the molecule is CCc1cccc2sc(/C=C/c3cccc(C(=O)Nc4cc(CCCS(=O)(=O)c5ccc(Cl)cc5)ccc4OCC(=O)O)c3)nc12. The number of sulfone groups is 1. The standard InChI is InChI=1S/C35H31ClN2O6S2/c1-2-25-8-4-10-31-34(25)38-32(45-31)18-12-23-6-3-9-26(20-23)35(41)37-29-21-24(11-17-30(29)44-22-33(39)40)7-5-19-46(42,43)28-15-13-27(36)14-16-28/h3-4,6,8-18,20-21H,2,5,7,19,22H2,1H3,(H,37,41)(H,39,40)/b18-12+. The summed E-state index contributed by atoms with van der Waals surface area (Å²) in [6.07, 6.45) is 5.46. The smallest absolute Gasteiger partial charge is 0.341 e. The van der Waals surface area contributed by atoms with Crippen molar-refractivity contribution in [3.05, 3.63) is 117 Å². The Labute approximate surface area is 276 Å². The van der Waals surface area contributed by atoms with Gasteiger partial charge in [0.15, 0.2) is 16.4 Å². The van der Waals surface area contributed by atoms with Crippen LogP contribution in [0.2, 0.25) is 5.02 Å². The van der Waals surface area contributed by atoms with Crippen molar-refractivity contribution < 1.29 is 27.9 Å². The molecule has 5 aromatic rings. The summed E-state index contributed by atoms with van der Waals surface area (Å²) in [6.45, 7) is 1.52. The van der Waals surface area contributed by atoms with Crippen molar-refractivity contribution in [1.82, 2.24) is 4.98 Å². The average molecular weight is 675 g/mol. The molecule has 0 fully saturated rings. The summed E-state index contributed by atoms with van der Waals surface area (Å²) in [4.78, 5) is 29.5. The largest absolute Gasteiger partial charge is 0.480 e. The fourth-order valence-electron chi connectivity index (χ4n) is 4.85. The number of nitrogens with one attached hydrogen (secondary N) is 1. The van der Waals surface area contributed by atoms with Crippen molar-refractivity contribution in [3.8, 4) is 5.75 Å². The number of hydrogen-bond donors (Lipinski definition) is 2. The van der Waals surface area contributed by atoms with E-state index in [-0.39, 0.29) is 22.1 Å². The van der Waals surface area contributed by atoms with Gasteiger partial charge in [-0.05, 0) is 96.6 Å². The number of amides is 1. The first kappa shape index (κ1) is 32.9. The van der Waals surface area contributed by atoms with E-state index in [1.807, 2.05) is 24.3 Å². The van der Waals surface area contributed by atoms with Gasteiger partial charge >= 0.3 is 5.97 Å². The molecule has 0 radical (unpaired) electrons. The molecule has 0 aliphatic rings. The van der Waals surface area contributed by atoms with Crippen molar-refractivity contribution >= 4 is 72.7 Å². The van der Waals surface area contributed by atoms with Crippen LogP contribution in [0.4, 0.5) is 5.69 Å². The number of ether oxygens (including phenoxy) is 1. The van der Waals surface area contributed by atoms with Gasteiger partial charge in [0.25, 0.3) is 5.91 Å². The van der Waals surface area contributed by atoms with Crippen LogP contribution in [0.25, 0.3) is 22.4 Å². The molecule has 1 aromatic heterocycles. The monoisotopic (exact) mass is 674 g/mol. The summed E-state index contributed by atoms with van der Waals surface area (Å²) in [5, 5.41) is 13.3. The molecule has 0 aliphatic carbocycles. The van der Waals surface area contributed by atoms with E-state index in [0.717, 1.165) is 32.8 Å². The van der Waals surface area contributed by atoms with Crippen molar-refractivity contribution in [1.29, 1.82) is 0 Å². The highest BCUT2D eigenvalue weighted by molar-refractivity contribution is 7.91. The molecule has 0 atom stereocenters. The van der Waals surface area contributed by atoms with Crippen LogP contribution in [-0.4, -0.2) is 42.7 Å². The van der Waals surface area contributed by atoms with Gasteiger partial charge < -0.3 is 15.2 Å². The molecular formula is C35H31ClN2O6S2. The summed E-state index contributed by atoms with van der Waals surface area (Å²) in [5.41, 5.74) is 4.44. The van der Waals surface area contributed by atoms with Crippen LogP contribution in [0.5, 0.6) is 5.75 Å². The Morgan fingerprint density at radius 3 is 2.54 bits per heavy atom. The lowest BCUT2D eigenvalue weighted by molar-refractivity contribution is -0.139. The highest BCUT2D eigenvalue weighted by atomic mass is 35.5. The lowest BCUT2D eigenvalue weighted by Gasteiger charge is -2.14. The molecule has 236 valence electrons. The molecule has 0 saturated heterocycles. The molecule has 2 N–H and O–H groups in total. The van der Waals surface area contributed by atoms with Crippen LogP contribution in [0.15, 0.2) is 89.8 Å². The first-order chi connectivity index (χ1) is 22.1. The van der Waals surface area contributed by atoms with E-state index in [1.54, 1.807) is 47.7 Å². The summed E-state index contributed by atoms with van der Waals surface area (Å²) < 4.78 is 32.0. The van der Waals surface area contributed by atoms with Crippen LogP contribution in [-0.2, 0) is 27.5 Å². The third-order valence-corrected chi connectivity index (χ3v) is 10.2. The van der Waals surface area contributed by atoms with Gasteiger partial charge in [-0.15, -0.1) is 11.3 Å². The minimum Gasteiger partial charge on any atom is -0.480 e. The van der Waals surface area contributed by atoms with E-state index >= 15 is 0 Å². The van der Waals surface area contributed by atoms with Gasteiger partial charge in [0.1, 0.15) is 10.8 Å². The van der Waals surface area contributed by atoms with Crippen LogP contribution < -0.4 is 10.1 Å². The molecule has 0 aliphatic heterocycles. The second-order valence-corrected chi connectivity index (χ2v) is 14.1. The van der Waals surface area contributed by atoms with Gasteiger partial charge in [0, 0.05) is 10.6 Å². The Balaban J connectivity index is 1.30. The van der Waals surface area contributed by atoms with Gasteiger partial charge in [0.2, 0.25) is 0 Å². The first-order valence-electron chi connectivity index (χ1n) is 14.5. The topological polar surface area (TPSA) is 123 Å². The summed E-state index contributed by atoms with van der Waals surface area (Å²) in [7, 11) is -3.50. The Hall–Kier alpha value is -4.51. The number of carboxylic acids is 1. The second kappa shape index (κ2) is 14.7. The van der Waals surface area contributed by atoms with E-state index in [4.69, 9.17) is 26.4 Å². The molecule has 0 saturated carbocycles. The summed E-state index contributed by atoms with van der Waals surface area (Å²) >= 11 is 7.49. The van der Waals surface area contributed by atoms with E-state index in [9.17, 15) is 18.0 Å². The quantitative estimate of drug-likeness (QED) is 0.131. The number of rotatable bonds is 13. The molecule has 46 heavy (non-hydrogen) atoms. The molecule has 5 rings (SSSR count). The van der Waals surface area contributed by atoms with Crippen molar-refractivity contribution in [3.63, 3.8) is 0 Å². The van der Waals surface area contributed by atoms with Crippen LogP contribution in [0.3, 0.4) is 0 Å². The number of aromatic nitrogens is 1. The highest BCUT2D eigenvalue weighted by Crippen LogP contribution is 2.29. The number of para-hydroxylation sites is 1. The Kier molecular flexibility index (Phi) is 10.5. The van der Waals surface area contributed by atoms with Gasteiger partial charge in [-0.3, -0.25) is 4.79 Å². The number of benzene rings is 4. The molecule has 0 bridgehead atoms. The molecule has 1 amide bonds. The van der Waals surface area contributed by atoms with Crippen molar-refractivity contribution in [2.24, 2.45) is 0 Å². The molecule has 1 heterocycles. The maximum atomic E-state index is 13.4. The second-order valence-electron chi connectivity index (χ2n) is 10.5. The van der Waals surface area contributed by atoms with E-state index in [1.165, 1.54) is 29.8 Å². The highest BCUT2D eigenvalue weighted by Gasteiger charge is 2.16. The zero-order chi connectivity index (χ0) is 32.7. The number of anilines is 1. The summed E-state index contributed by atoms with van der Waals surface area (Å²) in [5.74, 6) is -1.46. The third kappa shape index (κ3) is 8.39. The van der Waals surface area contributed by atoms with E-state index in [2.05, 4.69) is 24.4 Å². The van der Waals surface area contributed by atoms with Crippen LogP contribution in [0, 0.1) is 0 Å². The Morgan fingerprint density at radius 1 is 1.00 bits per heavy atom. The number of hydrogen-bond acceptors (Lipinski definition) is 7. The maximum absolute atomic E-state index is 13.4. The number of carbonyl (C=O) groups excluding carboxylic acids is 1. The zero-order valence-electron chi connectivity index (χ0n) is 24.9. The minimum absolute atomic E-state index is 0.0787. The normalized spacial score (nSPS) is 11.6. The Bertz CT molecular complexity index is 2020. The first-order valence-corrected chi connectivity index (χ1v) is 17.4. The van der Waals surface area contributed by atoms with E-state index in [0.29, 0.717) is 23.4 Å². The predicted octanol–water partition coefficient (Wildman–Crippen LogP) is 7.80. The minimum atomic E-state index is -3.50. The summed E-state index contributed by atoms with van der Waals surface area (Å²) in [6, 6.07) is 24.3. The van der Waals surface area contributed by atoms with Gasteiger partial charge in [-0.1, -0.05) is 54.9 Å². The lowest BCUT2D eigenvalue weighted by Crippen LogP contribution is -2.15. The molecule has 8 nitrogen and oxygen atoms in total. The number of thiazole rings is 1. The van der Waals surface area contributed by atoms with E-state index < -0.39 is 28.3 Å². The number of nitrogens with zero attached hydrogens (tertiary/aromatic N) is 1. The van der Waals surface area contributed by atoms with Gasteiger partial charge in [-0.2, -0.15) is 0 Å². The number of fused-ring (bicyclic) bond motifs is 1. The fourth-order valence-corrected chi connectivity index (χ4v) is 7.20. The van der Waals surface area contributed by atoms with Crippen LogP contribution >= 0.6 is 22.9 Å². The van der Waals surface area contributed by atoms with Crippen molar-refractivity contribution in [2.45, 2.75) is 31.1 Å². The number of carboxylic acid groups (broad SMARTS) is 1. The van der Waals surface area contributed by atoms with Gasteiger partial charge in [0.05, 0.1) is 26.6 Å². The van der Waals surface area contributed by atoms with Gasteiger partial charge in [-0.25, -0.2) is 18.2 Å².